The first-order valence-corrected chi connectivity index (χ1v) is 6.81. The summed E-state index contributed by atoms with van der Waals surface area (Å²) in [6.07, 6.45) is 1.12. The number of hydrogen-bond donors (Lipinski definition) is 0. The summed E-state index contributed by atoms with van der Waals surface area (Å²) >= 11 is 5.81. The highest BCUT2D eigenvalue weighted by Crippen LogP contribution is 2.21. The maximum absolute atomic E-state index is 5.81. The third kappa shape index (κ3) is 2.94. The van der Waals surface area contributed by atoms with E-state index < -0.39 is 0 Å². The second kappa shape index (κ2) is 5.57. The molecule has 0 saturated heterocycles. The van der Waals surface area contributed by atoms with Crippen molar-refractivity contribution in [1.29, 1.82) is 0 Å². The molecule has 0 radical (unpaired) electrons. The molecule has 0 atom stereocenters. The van der Waals surface area contributed by atoms with Gasteiger partial charge >= 0.3 is 0 Å². The quantitative estimate of drug-likeness (QED) is 0.761. The van der Waals surface area contributed by atoms with Gasteiger partial charge in [0.25, 0.3) is 0 Å². The molecule has 0 spiro atoms. The summed E-state index contributed by atoms with van der Waals surface area (Å²) in [5.74, 6) is 1.15. The van der Waals surface area contributed by atoms with E-state index in [4.69, 9.17) is 11.6 Å². The maximum atomic E-state index is 5.81. The molecule has 2 aromatic rings. The van der Waals surface area contributed by atoms with Crippen LogP contribution in [0.4, 0.5) is 0 Å². The van der Waals surface area contributed by atoms with E-state index in [9.17, 15) is 0 Å². The predicted octanol–water partition coefficient (Wildman–Crippen LogP) is 4.02. The maximum Gasteiger partial charge on any atom is 0.0778 e. The Labute approximate surface area is 114 Å². The van der Waals surface area contributed by atoms with Crippen molar-refractivity contribution in [3.8, 4) is 11.3 Å². The molecule has 2 nitrogen and oxygen atoms in total. The number of benzene rings is 1. The SMILES string of the molecule is CC(C)Cc1ccc(-c2cc(CCl)nn2C)cc1. The lowest BCUT2D eigenvalue weighted by atomic mass is 10.0. The van der Waals surface area contributed by atoms with Gasteiger partial charge in [-0.1, -0.05) is 38.1 Å². The fourth-order valence-electron chi connectivity index (χ4n) is 2.15. The van der Waals surface area contributed by atoms with E-state index in [1.165, 1.54) is 11.1 Å². The monoisotopic (exact) mass is 262 g/mol. The molecule has 0 aliphatic rings. The van der Waals surface area contributed by atoms with Crippen LogP contribution in [-0.2, 0) is 19.3 Å². The first-order valence-electron chi connectivity index (χ1n) is 6.28. The van der Waals surface area contributed by atoms with Crippen LogP contribution in [-0.4, -0.2) is 9.78 Å². The topological polar surface area (TPSA) is 17.8 Å². The zero-order valence-corrected chi connectivity index (χ0v) is 11.9. The van der Waals surface area contributed by atoms with Crippen molar-refractivity contribution in [3.63, 3.8) is 0 Å². The highest BCUT2D eigenvalue weighted by molar-refractivity contribution is 6.16. The third-order valence-electron chi connectivity index (χ3n) is 2.96. The first kappa shape index (κ1) is 13.2. The molecule has 2 rings (SSSR count). The zero-order chi connectivity index (χ0) is 13.1. The van der Waals surface area contributed by atoms with Gasteiger partial charge in [-0.05, 0) is 29.5 Å². The van der Waals surface area contributed by atoms with Crippen LogP contribution < -0.4 is 0 Å². The van der Waals surface area contributed by atoms with Gasteiger partial charge in [-0.15, -0.1) is 11.6 Å². The number of alkyl halides is 1. The van der Waals surface area contributed by atoms with Crippen molar-refractivity contribution in [1.82, 2.24) is 9.78 Å². The van der Waals surface area contributed by atoms with Gasteiger partial charge in [-0.25, -0.2) is 0 Å². The molecule has 0 N–H and O–H groups in total. The lowest BCUT2D eigenvalue weighted by Gasteiger charge is -2.06. The first-order chi connectivity index (χ1) is 8.60. The summed E-state index contributed by atoms with van der Waals surface area (Å²) in [6.45, 7) is 4.48. The van der Waals surface area contributed by atoms with Crippen LogP contribution >= 0.6 is 11.6 Å². The summed E-state index contributed by atoms with van der Waals surface area (Å²) in [7, 11) is 1.95. The highest BCUT2D eigenvalue weighted by atomic mass is 35.5. The Morgan fingerprint density at radius 2 is 1.89 bits per heavy atom. The Kier molecular flexibility index (Phi) is 4.07. The number of hydrogen-bond acceptors (Lipinski definition) is 1. The Bertz CT molecular complexity index is 512. The summed E-state index contributed by atoms with van der Waals surface area (Å²) < 4.78 is 1.88. The Balaban J connectivity index is 2.25. The van der Waals surface area contributed by atoms with E-state index in [0.717, 1.165) is 17.8 Å². The van der Waals surface area contributed by atoms with Crippen molar-refractivity contribution in [2.24, 2.45) is 13.0 Å². The fraction of sp³-hybridized carbons (Fsp3) is 0.400. The van der Waals surface area contributed by atoms with Gasteiger partial charge < -0.3 is 0 Å². The van der Waals surface area contributed by atoms with Crippen molar-refractivity contribution in [2.75, 3.05) is 0 Å². The molecule has 0 bridgehead atoms. The number of aromatic nitrogens is 2. The van der Waals surface area contributed by atoms with Gasteiger partial charge in [-0.2, -0.15) is 5.10 Å². The Morgan fingerprint density at radius 1 is 1.22 bits per heavy atom. The number of halogens is 1. The molecule has 1 aromatic heterocycles. The smallest absolute Gasteiger partial charge is 0.0778 e. The molecule has 0 fully saturated rings. The minimum Gasteiger partial charge on any atom is -0.268 e. The normalized spacial score (nSPS) is 11.2. The van der Waals surface area contributed by atoms with Crippen molar-refractivity contribution in [2.45, 2.75) is 26.1 Å². The second-order valence-electron chi connectivity index (χ2n) is 5.07. The molecule has 3 heteroatoms. The molecule has 1 heterocycles. The summed E-state index contributed by atoms with van der Waals surface area (Å²) in [5.41, 5.74) is 4.60. The van der Waals surface area contributed by atoms with E-state index in [1.54, 1.807) is 0 Å². The molecule has 96 valence electrons. The van der Waals surface area contributed by atoms with E-state index >= 15 is 0 Å². The number of rotatable bonds is 4. The van der Waals surface area contributed by atoms with E-state index in [0.29, 0.717) is 11.8 Å². The van der Waals surface area contributed by atoms with E-state index in [2.05, 4.69) is 43.2 Å². The minimum absolute atomic E-state index is 0.458. The van der Waals surface area contributed by atoms with Gasteiger partial charge in [0.2, 0.25) is 0 Å². The van der Waals surface area contributed by atoms with Crippen molar-refractivity contribution in [3.05, 3.63) is 41.6 Å². The van der Waals surface area contributed by atoms with Crippen LogP contribution in [0.2, 0.25) is 0 Å². The molecule has 0 saturated carbocycles. The largest absolute Gasteiger partial charge is 0.268 e. The lowest BCUT2D eigenvalue weighted by Crippen LogP contribution is -1.96. The van der Waals surface area contributed by atoms with Gasteiger partial charge in [0.15, 0.2) is 0 Å². The average molecular weight is 263 g/mol. The van der Waals surface area contributed by atoms with Crippen molar-refractivity contribution < 1.29 is 0 Å². The van der Waals surface area contributed by atoms with Gasteiger partial charge in [-0.3, -0.25) is 4.68 Å². The van der Waals surface area contributed by atoms with Crippen LogP contribution in [0.15, 0.2) is 30.3 Å². The third-order valence-corrected chi connectivity index (χ3v) is 3.23. The average Bonchev–Trinajstić information content (AvgIpc) is 2.71. The summed E-state index contributed by atoms with van der Waals surface area (Å²) in [6, 6.07) is 10.8. The lowest BCUT2D eigenvalue weighted by molar-refractivity contribution is 0.647. The molecular weight excluding hydrogens is 244 g/mol. The number of aryl methyl sites for hydroxylation is 1. The Hall–Kier alpha value is -1.28. The van der Waals surface area contributed by atoms with Gasteiger partial charge in [0.05, 0.1) is 17.3 Å². The molecule has 0 unspecified atom stereocenters. The van der Waals surface area contributed by atoms with Crippen molar-refractivity contribution >= 4 is 11.6 Å². The zero-order valence-electron chi connectivity index (χ0n) is 11.2. The van der Waals surface area contributed by atoms with Gasteiger partial charge in [0.1, 0.15) is 0 Å². The standard InChI is InChI=1S/C15H19ClN2/c1-11(2)8-12-4-6-13(7-5-12)15-9-14(10-16)17-18(15)3/h4-7,9,11H,8,10H2,1-3H3. The molecule has 0 amide bonds. The molecule has 18 heavy (non-hydrogen) atoms. The Morgan fingerprint density at radius 3 is 2.39 bits per heavy atom. The number of nitrogens with zero attached hydrogens (tertiary/aromatic N) is 2. The molecular formula is C15H19ClN2. The van der Waals surface area contributed by atoms with Crippen LogP contribution in [0.25, 0.3) is 11.3 Å². The molecule has 0 aliphatic carbocycles. The van der Waals surface area contributed by atoms with E-state index in [-0.39, 0.29) is 0 Å². The highest BCUT2D eigenvalue weighted by Gasteiger charge is 2.07. The molecule has 1 aromatic carbocycles. The predicted molar refractivity (Wildman–Crippen MR) is 76.7 cm³/mol. The van der Waals surface area contributed by atoms with Gasteiger partial charge in [0, 0.05) is 7.05 Å². The fourth-order valence-corrected chi connectivity index (χ4v) is 2.28. The minimum atomic E-state index is 0.458. The van der Waals surface area contributed by atoms with Crippen LogP contribution in [0.3, 0.4) is 0 Å². The second-order valence-corrected chi connectivity index (χ2v) is 5.34. The van der Waals surface area contributed by atoms with E-state index in [1.807, 2.05) is 17.8 Å². The summed E-state index contributed by atoms with van der Waals surface area (Å²) in [4.78, 5) is 0. The van der Waals surface area contributed by atoms with Crippen LogP contribution in [0.1, 0.15) is 25.1 Å². The molecule has 0 aliphatic heterocycles. The van der Waals surface area contributed by atoms with Crippen LogP contribution in [0.5, 0.6) is 0 Å². The summed E-state index contributed by atoms with van der Waals surface area (Å²) in [5, 5.41) is 4.36. The van der Waals surface area contributed by atoms with Crippen LogP contribution in [0, 0.1) is 5.92 Å².